The van der Waals surface area contributed by atoms with Gasteiger partial charge in [-0.05, 0) is 12.5 Å². The summed E-state index contributed by atoms with van der Waals surface area (Å²) in [6, 6.07) is 8.06. The third kappa shape index (κ3) is 3.29. The molecule has 2 heterocycles. The molecule has 0 saturated heterocycles. The summed E-state index contributed by atoms with van der Waals surface area (Å²) in [5.41, 5.74) is 2.94. The van der Waals surface area contributed by atoms with E-state index < -0.39 is 0 Å². The van der Waals surface area contributed by atoms with Crippen LogP contribution in [-0.2, 0) is 19.5 Å². The first-order chi connectivity index (χ1) is 11.1. The Morgan fingerprint density at radius 1 is 1.35 bits per heavy atom. The van der Waals surface area contributed by atoms with Crippen molar-refractivity contribution in [1.29, 1.82) is 0 Å². The normalized spacial score (nSPS) is 14.8. The van der Waals surface area contributed by atoms with Crippen LogP contribution in [0.25, 0.3) is 0 Å². The lowest BCUT2D eigenvalue weighted by molar-refractivity contribution is 0.236. The molecule has 1 aromatic carbocycles. The van der Waals surface area contributed by atoms with E-state index in [0.717, 1.165) is 47.9 Å². The summed E-state index contributed by atoms with van der Waals surface area (Å²) < 4.78 is 5.43. The van der Waals surface area contributed by atoms with Gasteiger partial charge in [0.25, 0.3) is 5.56 Å². The quantitative estimate of drug-likeness (QED) is 0.942. The molecule has 0 radical (unpaired) electrons. The standard InChI is InChI=1S/C18H23N3O2/c1-12(2)17-19-15-11-21(9-8-14(15)18(22)20-17)10-13-6-4-5-7-16(13)23-3/h4-7,12H,8-11H2,1-3H3,(H,19,20,22). The van der Waals surface area contributed by atoms with E-state index in [-0.39, 0.29) is 11.5 Å². The van der Waals surface area contributed by atoms with E-state index in [4.69, 9.17) is 4.74 Å². The van der Waals surface area contributed by atoms with Crippen LogP contribution in [0.2, 0.25) is 0 Å². The van der Waals surface area contributed by atoms with Crippen LogP contribution < -0.4 is 10.3 Å². The van der Waals surface area contributed by atoms with Gasteiger partial charge >= 0.3 is 0 Å². The van der Waals surface area contributed by atoms with Gasteiger partial charge < -0.3 is 9.72 Å². The molecule has 0 saturated carbocycles. The topological polar surface area (TPSA) is 58.2 Å². The van der Waals surface area contributed by atoms with Crippen molar-refractivity contribution in [2.75, 3.05) is 13.7 Å². The minimum atomic E-state index is 0.0237. The Kier molecular flexibility index (Phi) is 4.48. The van der Waals surface area contributed by atoms with Gasteiger partial charge in [-0.15, -0.1) is 0 Å². The molecule has 0 fully saturated rings. The van der Waals surface area contributed by atoms with Crippen LogP contribution in [0.5, 0.6) is 5.75 Å². The van der Waals surface area contributed by atoms with Gasteiger partial charge in [0.2, 0.25) is 0 Å². The second kappa shape index (κ2) is 6.54. The van der Waals surface area contributed by atoms with Crippen molar-refractivity contribution < 1.29 is 4.74 Å². The first-order valence-corrected chi connectivity index (χ1v) is 8.04. The number of benzene rings is 1. The third-order valence-electron chi connectivity index (χ3n) is 4.30. The van der Waals surface area contributed by atoms with E-state index in [2.05, 4.69) is 20.9 Å². The Hall–Kier alpha value is -2.14. The molecule has 1 N–H and O–H groups in total. The number of nitrogens with one attached hydrogen (secondary N) is 1. The van der Waals surface area contributed by atoms with Gasteiger partial charge in [0.1, 0.15) is 11.6 Å². The Labute approximate surface area is 136 Å². The Morgan fingerprint density at radius 3 is 2.87 bits per heavy atom. The van der Waals surface area contributed by atoms with E-state index >= 15 is 0 Å². The van der Waals surface area contributed by atoms with E-state index in [1.165, 1.54) is 0 Å². The summed E-state index contributed by atoms with van der Waals surface area (Å²) in [6.07, 6.45) is 0.741. The fourth-order valence-electron chi connectivity index (χ4n) is 3.00. The number of hydrogen-bond acceptors (Lipinski definition) is 4. The number of ether oxygens (including phenoxy) is 1. The highest BCUT2D eigenvalue weighted by Crippen LogP contribution is 2.23. The number of H-pyrrole nitrogens is 1. The Morgan fingerprint density at radius 2 is 2.13 bits per heavy atom. The van der Waals surface area contributed by atoms with Crippen molar-refractivity contribution >= 4 is 0 Å². The lowest BCUT2D eigenvalue weighted by atomic mass is 10.0. The largest absolute Gasteiger partial charge is 0.496 e. The summed E-state index contributed by atoms with van der Waals surface area (Å²) in [4.78, 5) is 22.1. The van der Waals surface area contributed by atoms with Gasteiger partial charge in [-0.3, -0.25) is 9.69 Å². The van der Waals surface area contributed by atoms with Crippen molar-refractivity contribution in [2.24, 2.45) is 0 Å². The van der Waals surface area contributed by atoms with E-state index in [1.54, 1.807) is 7.11 Å². The van der Waals surface area contributed by atoms with Crippen LogP contribution in [0.1, 0.15) is 42.4 Å². The summed E-state index contributed by atoms with van der Waals surface area (Å²) in [7, 11) is 1.69. The van der Waals surface area contributed by atoms with Crippen LogP contribution in [0, 0.1) is 0 Å². The average molecular weight is 313 g/mol. The van der Waals surface area contributed by atoms with Crippen molar-refractivity contribution in [3.8, 4) is 5.75 Å². The highest BCUT2D eigenvalue weighted by molar-refractivity contribution is 5.33. The summed E-state index contributed by atoms with van der Waals surface area (Å²) in [5, 5.41) is 0. The number of rotatable bonds is 4. The maximum Gasteiger partial charge on any atom is 0.254 e. The highest BCUT2D eigenvalue weighted by Gasteiger charge is 2.22. The molecule has 3 rings (SSSR count). The monoisotopic (exact) mass is 313 g/mol. The van der Waals surface area contributed by atoms with Gasteiger partial charge in [-0.2, -0.15) is 0 Å². The van der Waals surface area contributed by atoms with Crippen molar-refractivity contribution in [3.05, 3.63) is 57.3 Å². The Balaban J connectivity index is 1.83. The third-order valence-corrected chi connectivity index (χ3v) is 4.30. The molecule has 1 aliphatic heterocycles. The van der Waals surface area contributed by atoms with Crippen molar-refractivity contribution in [1.82, 2.24) is 14.9 Å². The van der Waals surface area contributed by atoms with E-state index in [1.807, 2.05) is 32.0 Å². The molecule has 0 bridgehead atoms. The SMILES string of the molecule is COc1ccccc1CN1CCc2c(nc(C(C)C)[nH]c2=O)C1. The minimum Gasteiger partial charge on any atom is -0.496 e. The smallest absolute Gasteiger partial charge is 0.254 e. The number of aromatic amines is 1. The van der Waals surface area contributed by atoms with Gasteiger partial charge in [-0.25, -0.2) is 4.98 Å². The molecule has 0 aliphatic carbocycles. The van der Waals surface area contributed by atoms with Crippen molar-refractivity contribution in [2.45, 2.75) is 39.3 Å². The molecular formula is C18H23N3O2. The van der Waals surface area contributed by atoms with Crippen LogP contribution in [0.15, 0.2) is 29.1 Å². The summed E-state index contributed by atoms with van der Waals surface area (Å²) in [5.74, 6) is 1.89. The first kappa shape index (κ1) is 15.7. The summed E-state index contributed by atoms with van der Waals surface area (Å²) >= 11 is 0. The molecule has 0 amide bonds. The predicted molar refractivity (Wildman–Crippen MR) is 89.8 cm³/mol. The number of methoxy groups -OCH3 is 1. The number of hydrogen-bond donors (Lipinski definition) is 1. The highest BCUT2D eigenvalue weighted by atomic mass is 16.5. The zero-order valence-corrected chi connectivity index (χ0v) is 13.9. The second-order valence-corrected chi connectivity index (χ2v) is 6.30. The summed E-state index contributed by atoms with van der Waals surface area (Å²) in [6.45, 7) is 6.45. The molecule has 0 unspecified atom stereocenters. The number of para-hydroxylation sites is 1. The van der Waals surface area contributed by atoms with Crippen molar-refractivity contribution in [3.63, 3.8) is 0 Å². The molecule has 122 valence electrons. The molecule has 23 heavy (non-hydrogen) atoms. The van der Waals surface area contributed by atoms with Gasteiger partial charge in [-0.1, -0.05) is 32.0 Å². The molecule has 0 spiro atoms. The maximum atomic E-state index is 12.2. The Bertz CT molecular complexity index is 752. The predicted octanol–water partition coefficient (Wildman–Crippen LogP) is 2.46. The zero-order valence-electron chi connectivity index (χ0n) is 13.9. The van der Waals surface area contributed by atoms with Crippen LogP contribution in [0.3, 0.4) is 0 Å². The fourth-order valence-corrected chi connectivity index (χ4v) is 3.00. The molecule has 5 heteroatoms. The molecule has 0 atom stereocenters. The van der Waals surface area contributed by atoms with Crippen LogP contribution in [-0.4, -0.2) is 28.5 Å². The number of nitrogens with zero attached hydrogens (tertiary/aromatic N) is 2. The zero-order chi connectivity index (χ0) is 16.4. The number of aromatic nitrogens is 2. The lowest BCUT2D eigenvalue weighted by Crippen LogP contribution is -2.35. The molecule has 2 aromatic rings. The molecule has 1 aromatic heterocycles. The second-order valence-electron chi connectivity index (χ2n) is 6.30. The first-order valence-electron chi connectivity index (χ1n) is 8.04. The maximum absolute atomic E-state index is 12.2. The molecular weight excluding hydrogens is 290 g/mol. The van der Waals surface area contributed by atoms with Gasteiger partial charge in [0.15, 0.2) is 0 Å². The van der Waals surface area contributed by atoms with Crippen LogP contribution >= 0.6 is 0 Å². The lowest BCUT2D eigenvalue weighted by Gasteiger charge is -2.28. The fraction of sp³-hybridized carbons (Fsp3) is 0.444. The average Bonchev–Trinajstić information content (AvgIpc) is 2.55. The van der Waals surface area contributed by atoms with E-state index in [9.17, 15) is 4.79 Å². The van der Waals surface area contributed by atoms with Gasteiger partial charge in [0, 0.05) is 36.7 Å². The number of fused-ring (bicyclic) bond motifs is 1. The molecule has 5 nitrogen and oxygen atoms in total. The van der Waals surface area contributed by atoms with E-state index in [0.29, 0.717) is 6.54 Å². The van der Waals surface area contributed by atoms with Crippen LogP contribution in [0.4, 0.5) is 0 Å². The minimum absolute atomic E-state index is 0.0237. The molecule has 1 aliphatic rings. The van der Waals surface area contributed by atoms with Gasteiger partial charge in [0.05, 0.1) is 12.8 Å².